The summed E-state index contributed by atoms with van der Waals surface area (Å²) in [7, 11) is 0. The molecule has 1 fully saturated rings. The van der Waals surface area contributed by atoms with Crippen molar-refractivity contribution in [2.24, 2.45) is 5.92 Å². The van der Waals surface area contributed by atoms with Crippen LogP contribution < -0.4 is 10.3 Å². The summed E-state index contributed by atoms with van der Waals surface area (Å²) in [6, 6.07) is 4.04. The third-order valence-electron chi connectivity index (χ3n) is 5.43. The summed E-state index contributed by atoms with van der Waals surface area (Å²) in [5.74, 6) is 0.838. The van der Waals surface area contributed by atoms with Crippen LogP contribution in [0.25, 0.3) is 10.9 Å². The Balaban J connectivity index is 2.00. The fraction of sp³-hybridized carbons (Fsp3) is 0.526. The molecular weight excluding hydrogens is 272 g/mol. The molecule has 22 heavy (non-hydrogen) atoms. The minimum atomic E-state index is 0.223. The Hall–Kier alpha value is -1.61. The zero-order chi connectivity index (χ0) is 15.9. The molecule has 1 aliphatic heterocycles. The van der Waals surface area contributed by atoms with Crippen molar-refractivity contribution in [2.45, 2.75) is 47.1 Å². The average molecular weight is 299 g/mol. The standard InChI is InChI=1S/C19H26N2O/c1-12-7-9-21(10-8-12)11-17-15(4)20-18-14(3)13(2)5-6-16(18)19(17)22/h5-6,12H,7-11H2,1-4H3,(H,20,22)/p+1. The third-order valence-corrected chi connectivity index (χ3v) is 5.43. The summed E-state index contributed by atoms with van der Waals surface area (Å²) in [6.07, 6.45) is 2.55. The van der Waals surface area contributed by atoms with Crippen LogP contribution in [-0.4, -0.2) is 18.1 Å². The molecule has 2 heterocycles. The second kappa shape index (κ2) is 5.88. The van der Waals surface area contributed by atoms with Crippen LogP contribution in [-0.2, 0) is 6.54 Å². The van der Waals surface area contributed by atoms with E-state index >= 15 is 0 Å². The molecule has 0 unspecified atom stereocenters. The molecule has 1 aromatic heterocycles. The molecule has 2 aromatic rings. The molecule has 3 heteroatoms. The molecule has 3 nitrogen and oxygen atoms in total. The topological polar surface area (TPSA) is 37.3 Å². The summed E-state index contributed by atoms with van der Waals surface area (Å²) in [5, 5.41) is 0.841. The van der Waals surface area contributed by atoms with Gasteiger partial charge in [0, 0.05) is 11.1 Å². The van der Waals surface area contributed by atoms with E-state index in [2.05, 4.69) is 31.8 Å². The number of H-pyrrole nitrogens is 1. The van der Waals surface area contributed by atoms with Crippen LogP contribution in [0.3, 0.4) is 0 Å². The number of piperidine rings is 1. The number of likely N-dealkylation sites (tertiary alicyclic amines) is 1. The quantitative estimate of drug-likeness (QED) is 0.877. The zero-order valence-electron chi connectivity index (χ0n) is 14.2. The Kier molecular flexibility index (Phi) is 4.09. The Morgan fingerprint density at radius 1 is 1.18 bits per heavy atom. The van der Waals surface area contributed by atoms with Crippen LogP contribution in [0, 0.1) is 26.7 Å². The highest BCUT2D eigenvalue weighted by molar-refractivity contribution is 5.83. The minimum Gasteiger partial charge on any atom is -0.358 e. The first-order valence-corrected chi connectivity index (χ1v) is 8.42. The summed E-state index contributed by atoms with van der Waals surface area (Å²) in [5.41, 5.74) is 5.65. The zero-order valence-corrected chi connectivity index (χ0v) is 14.2. The number of quaternary nitrogens is 1. The molecule has 118 valence electrons. The van der Waals surface area contributed by atoms with Gasteiger partial charge in [-0.05, 0) is 56.7 Å². The molecular formula is C19H27N2O+. The van der Waals surface area contributed by atoms with Crippen LogP contribution >= 0.6 is 0 Å². The molecule has 2 N–H and O–H groups in total. The van der Waals surface area contributed by atoms with Crippen LogP contribution in [0.4, 0.5) is 0 Å². The SMILES string of the molecule is Cc1ccc2c(=O)c(C[NH+]3CCC(C)CC3)c(C)[nH]c2c1C. The van der Waals surface area contributed by atoms with Gasteiger partial charge in [0.25, 0.3) is 0 Å². The number of aromatic nitrogens is 1. The highest BCUT2D eigenvalue weighted by Crippen LogP contribution is 2.18. The van der Waals surface area contributed by atoms with Crippen molar-refractivity contribution in [1.82, 2.24) is 4.98 Å². The highest BCUT2D eigenvalue weighted by Gasteiger charge is 2.22. The summed E-state index contributed by atoms with van der Waals surface area (Å²) < 4.78 is 0. The van der Waals surface area contributed by atoms with Crippen molar-refractivity contribution < 1.29 is 4.90 Å². The van der Waals surface area contributed by atoms with Gasteiger partial charge in [0.2, 0.25) is 0 Å². The molecule has 0 radical (unpaired) electrons. The second-order valence-electron chi connectivity index (χ2n) is 7.10. The van der Waals surface area contributed by atoms with Crippen LogP contribution in [0.5, 0.6) is 0 Å². The number of nitrogens with one attached hydrogen (secondary N) is 2. The fourth-order valence-electron chi connectivity index (χ4n) is 3.57. The molecule has 3 rings (SSSR count). The van der Waals surface area contributed by atoms with Gasteiger partial charge in [-0.1, -0.05) is 13.0 Å². The van der Waals surface area contributed by atoms with E-state index in [0.29, 0.717) is 0 Å². The van der Waals surface area contributed by atoms with Gasteiger partial charge >= 0.3 is 0 Å². The molecule has 0 saturated carbocycles. The first kappa shape index (κ1) is 15.3. The maximum atomic E-state index is 12.9. The van der Waals surface area contributed by atoms with E-state index in [4.69, 9.17) is 0 Å². The molecule has 0 atom stereocenters. The normalized spacial score (nSPS) is 22.2. The predicted molar refractivity (Wildman–Crippen MR) is 91.6 cm³/mol. The van der Waals surface area contributed by atoms with Gasteiger partial charge in [-0.15, -0.1) is 0 Å². The fourth-order valence-corrected chi connectivity index (χ4v) is 3.57. The number of hydrogen-bond donors (Lipinski definition) is 2. The lowest BCUT2D eigenvalue weighted by Crippen LogP contribution is -3.12. The first-order valence-electron chi connectivity index (χ1n) is 8.42. The van der Waals surface area contributed by atoms with Crippen molar-refractivity contribution >= 4 is 10.9 Å². The number of fused-ring (bicyclic) bond motifs is 1. The first-order chi connectivity index (χ1) is 10.5. The van der Waals surface area contributed by atoms with Crippen molar-refractivity contribution in [3.63, 3.8) is 0 Å². The Labute approximate surface area is 132 Å². The number of aromatic amines is 1. The van der Waals surface area contributed by atoms with Crippen LogP contribution in [0.2, 0.25) is 0 Å². The van der Waals surface area contributed by atoms with Gasteiger partial charge in [-0.2, -0.15) is 0 Å². The maximum Gasteiger partial charge on any atom is 0.198 e. The summed E-state index contributed by atoms with van der Waals surface area (Å²) in [6.45, 7) is 11.8. The van der Waals surface area contributed by atoms with Crippen LogP contribution in [0.1, 0.15) is 42.1 Å². The number of rotatable bonds is 2. The van der Waals surface area contributed by atoms with E-state index in [1.807, 2.05) is 13.0 Å². The second-order valence-corrected chi connectivity index (χ2v) is 7.10. The Bertz CT molecular complexity index is 752. The van der Waals surface area contributed by atoms with E-state index in [9.17, 15) is 4.79 Å². The van der Waals surface area contributed by atoms with E-state index < -0.39 is 0 Å². The van der Waals surface area contributed by atoms with Gasteiger partial charge in [-0.3, -0.25) is 4.79 Å². The lowest BCUT2D eigenvalue weighted by molar-refractivity contribution is -0.919. The van der Waals surface area contributed by atoms with E-state index in [-0.39, 0.29) is 5.43 Å². The molecule has 0 spiro atoms. The number of benzene rings is 1. The van der Waals surface area contributed by atoms with Gasteiger partial charge in [0.15, 0.2) is 5.43 Å². The van der Waals surface area contributed by atoms with E-state index in [0.717, 1.165) is 34.6 Å². The monoisotopic (exact) mass is 299 g/mol. The minimum absolute atomic E-state index is 0.223. The van der Waals surface area contributed by atoms with Crippen molar-refractivity contribution in [1.29, 1.82) is 0 Å². The molecule has 0 aliphatic carbocycles. The number of hydrogen-bond acceptors (Lipinski definition) is 1. The molecule has 0 amide bonds. The van der Waals surface area contributed by atoms with Crippen LogP contribution in [0.15, 0.2) is 16.9 Å². The summed E-state index contributed by atoms with van der Waals surface area (Å²) in [4.78, 5) is 18.0. The van der Waals surface area contributed by atoms with Gasteiger partial charge in [-0.25, -0.2) is 0 Å². The molecule has 1 saturated heterocycles. The van der Waals surface area contributed by atoms with Crippen molar-refractivity contribution in [2.75, 3.05) is 13.1 Å². The van der Waals surface area contributed by atoms with Gasteiger partial charge in [0.1, 0.15) is 6.54 Å². The third kappa shape index (κ3) is 2.70. The average Bonchev–Trinajstić information content (AvgIpc) is 2.50. The maximum absolute atomic E-state index is 12.9. The van der Waals surface area contributed by atoms with Crippen molar-refractivity contribution in [3.05, 3.63) is 44.7 Å². The summed E-state index contributed by atoms with van der Waals surface area (Å²) >= 11 is 0. The lowest BCUT2D eigenvalue weighted by Gasteiger charge is -2.27. The van der Waals surface area contributed by atoms with Crippen molar-refractivity contribution in [3.8, 4) is 0 Å². The molecule has 0 bridgehead atoms. The van der Waals surface area contributed by atoms with E-state index in [1.54, 1.807) is 4.90 Å². The number of pyridine rings is 1. The Morgan fingerprint density at radius 2 is 1.86 bits per heavy atom. The number of aryl methyl sites for hydroxylation is 3. The highest BCUT2D eigenvalue weighted by atomic mass is 16.1. The largest absolute Gasteiger partial charge is 0.358 e. The molecule has 1 aromatic carbocycles. The van der Waals surface area contributed by atoms with Gasteiger partial charge in [0.05, 0.1) is 24.2 Å². The smallest absolute Gasteiger partial charge is 0.198 e. The lowest BCUT2D eigenvalue weighted by atomic mass is 9.98. The predicted octanol–water partition coefficient (Wildman–Crippen LogP) is 2.27. The van der Waals surface area contributed by atoms with E-state index in [1.165, 1.54) is 37.1 Å². The Morgan fingerprint density at radius 3 is 2.55 bits per heavy atom. The molecule has 1 aliphatic rings. The van der Waals surface area contributed by atoms with Gasteiger partial charge < -0.3 is 9.88 Å².